The molecule has 0 fully saturated rings. The Morgan fingerprint density at radius 1 is 1.09 bits per heavy atom. The summed E-state index contributed by atoms with van der Waals surface area (Å²) in [7, 11) is -1.56. The minimum absolute atomic E-state index is 0.280. The van der Waals surface area contributed by atoms with E-state index in [9.17, 15) is 13.0 Å². The third kappa shape index (κ3) is 3.19. The van der Waals surface area contributed by atoms with Crippen molar-refractivity contribution in [1.29, 1.82) is 0 Å². The van der Waals surface area contributed by atoms with Crippen molar-refractivity contribution in [2.75, 3.05) is 13.2 Å². The van der Waals surface area contributed by atoms with Crippen LogP contribution in [-0.2, 0) is 10.8 Å². The fourth-order valence-electron chi connectivity index (χ4n) is 2.28. The van der Waals surface area contributed by atoms with Gasteiger partial charge in [0.05, 0.1) is 26.0 Å². The Bertz CT molecular complexity index is 782. The maximum absolute atomic E-state index is 13.4. The third-order valence-electron chi connectivity index (χ3n) is 3.55. The summed E-state index contributed by atoms with van der Waals surface area (Å²) >= 11 is 6.18. The van der Waals surface area contributed by atoms with E-state index < -0.39 is 27.7 Å². The van der Waals surface area contributed by atoms with E-state index >= 15 is 0 Å². The lowest BCUT2D eigenvalue weighted by Crippen LogP contribution is -2.16. The lowest BCUT2D eigenvalue weighted by molar-refractivity contribution is 0.171. The molecule has 0 aliphatic carbocycles. The van der Waals surface area contributed by atoms with Crippen molar-refractivity contribution >= 4 is 22.4 Å². The van der Waals surface area contributed by atoms with E-state index in [1.54, 1.807) is 19.1 Å². The summed E-state index contributed by atoms with van der Waals surface area (Å²) in [6.07, 6.45) is 0. The van der Waals surface area contributed by atoms with Crippen LogP contribution in [0.5, 0.6) is 11.5 Å². The highest BCUT2D eigenvalue weighted by Crippen LogP contribution is 2.39. The van der Waals surface area contributed by atoms with E-state index in [2.05, 4.69) is 0 Å². The van der Waals surface area contributed by atoms with Crippen molar-refractivity contribution in [1.82, 2.24) is 0 Å². The van der Waals surface area contributed by atoms with Gasteiger partial charge in [-0.1, -0.05) is 17.7 Å². The van der Waals surface area contributed by atoms with Gasteiger partial charge in [-0.2, -0.15) is 0 Å². The molecule has 2 atom stereocenters. The Morgan fingerprint density at radius 2 is 1.74 bits per heavy atom. The molecule has 0 amide bonds. The van der Waals surface area contributed by atoms with E-state index in [0.717, 1.165) is 12.1 Å². The van der Waals surface area contributed by atoms with Crippen LogP contribution in [0.25, 0.3) is 0 Å². The molecule has 0 saturated carbocycles. The zero-order chi connectivity index (χ0) is 16.6. The number of fused-ring (bicyclic) bond motifs is 1. The van der Waals surface area contributed by atoms with Crippen molar-refractivity contribution in [3.63, 3.8) is 0 Å². The van der Waals surface area contributed by atoms with E-state index in [0.29, 0.717) is 35.2 Å². The fourth-order valence-corrected chi connectivity index (χ4v) is 3.91. The fraction of sp³-hybridized carbons (Fsp3) is 0.250. The molecule has 0 radical (unpaired) electrons. The topological polar surface area (TPSA) is 35.5 Å². The van der Waals surface area contributed by atoms with Crippen molar-refractivity contribution in [3.8, 4) is 11.5 Å². The van der Waals surface area contributed by atoms with Crippen molar-refractivity contribution in [3.05, 3.63) is 52.6 Å². The largest absolute Gasteiger partial charge is 0.486 e. The zero-order valence-corrected chi connectivity index (χ0v) is 13.7. The quantitative estimate of drug-likeness (QED) is 0.822. The van der Waals surface area contributed by atoms with Crippen molar-refractivity contribution in [2.45, 2.75) is 17.1 Å². The Hall–Kier alpha value is -1.66. The number of halogens is 3. The Labute approximate surface area is 139 Å². The number of rotatable bonds is 3. The van der Waals surface area contributed by atoms with Crippen molar-refractivity contribution in [2.24, 2.45) is 0 Å². The first-order chi connectivity index (χ1) is 11.0. The SMILES string of the molecule is C[C@@H](c1ccc(F)c(F)c1)[S@](=O)c1cc2c(cc1Cl)OCCO2. The molecule has 7 heteroatoms. The van der Waals surface area contributed by atoms with Gasteiger partial charge < -0.3 is 9.47 Å². The highest BCUT2D eigenvalue weighted by atomic mass is 35.5. The number of hydrogen-bond donors (Lipinski definition) is 0. The van der Waals surface area contributed by atoms with E-state index in [4.69, 9.17) is 21.1 Å². The van der Waals surface area contributed by atoms with Crippen LogP contribution < -0.4 is 9.47 Å². The lowest BCUT2D eigenvalue weighted by atomic mass is 10.1. The number of ether oxygens (including phenoxy) is 2. The normalized spacial score (nSPS) is 16.0. The van der Waals surface area contributed by atoms with E-state index in [-0.39, 0.29) is 5.02 Å². The first-order valence-electron chi connectivity index (χ1n) is 6.92. The van der Waals surface area contributed by atoms with E-state index in [1.807, 2.05) is 0 Å². The second-order valence-corrected chi connectivity index (χ2v) is 7.19. The molecule has 2 aromatic rings. The Morgan fingerprint density at radius 3 is 2.39 bits per heavy atom. The van der Waals surface area contributed by atoms with Gasteiger partial charge >= 0.3 is 0 Å². The lowest BCUT2D eigenvalue weighted by Gasteiger charge is -2.20. The summed E-state index contributed by atoms with van der Waals surface area (Å²) in [6.45, 7) is 2.49. The second-order valence-electron chi connectivity index (χ2n) is 5.04. The first kappa shape index (κ1) is 16.2. The van der Waals surface area contributed by atoms with Gasteiger partial charge in [-0.25, -0.2) is 8.78 Å². The average Bonchev–Trinajstić information content (AvgIpc) is 2.55. The third-order valence-corrected chi connectivity index (χ3v) is 5.66. The molecule has 122 valence electrons. The van der Waals surface area contributed by atoms with Crippen LogP contribution in [-0.4, -0.2) is 17.4 Å². The average molecular weight is 359 g/mol. The molecule has 0 N–H and O–H groups in total. The number of benzene rings is 2. The summed E-state index contributed by atoms with van der Waals surface area (Å²) < 4.78 is 50.0. The molecule has 3 nitrogen and oxygen atoms in total. The Kier molecular flexibility index (Phi) is 4.55. The van der Waals surface area contributed by atoms with Gasteiger partial charge in [-0.3, -0.25) is 4.21 Å². The molecule has 1 heterocycles. The van der Waals surface area contributed by atoms with Gasteiger partial charge in [0.15, 0.2) is 23.1 Å². The molecule has 1 aliphatic rings. The second kappa shape index (κ2) is 6.45. The molecule has 23 heavy (non-hydrogen) atoms. The molecular weight excluding hydrogens is 346 g/mol. The van der Waals surface area contributed by atoms with Gasteiger partial charge in [-0.15, -0.1) is 0 Å². The van der Waals surface area contributed by atoms with Crippen LogP contribution in [0.2, 0.25) is 5.02 Å². The van der Waals surface area contributed by atoms with Gasteiger partial charge in [0.2, 0.25) is 0 Å². The maximum atomic E-state index is 13.4. The molecule has 0 saturated heterocycles. The van der Waals surface area contributed by atoms with Crippen molar-refractivity contribution < 1.29 is 22.5 Å². The summed E-state index contributed by atoms with van der Waals surface area (Å²) in [5.41, 5.74) is 0.424. The highest BCUT2D eigenvalue weighted by molar-refractivity contribution is 7.85. The summed E-state index contributed by atoms with van der Waals surface area (Å²) in [4.78, 5) is 0.369. The van der Waals surface area contributed by atoms with Crippen LogP contribution in [0, 0.1) is 11.6 Å². The standard InChI is InChI=1S/C16H13ClF2O3S/c1-9(10-2-3-12(18)13(19)6-10)23(20)16-8-15-14(7-11(16)17)21-4-5-22-15/h2-3,6-9H,4-5H2,1H3/t9-,23-/m0/s1. The number of hydrogen-bond acceptors (Lipinski definition) is 3. The van der Waals surface area contributed by atoms with Gasteiger partial charge in [0, 0.05) is 12.1 Å². The van der Waals surface area contributed by atoms with E-state index in [1.165, 1.54) is 6.07 Å². The minimum atomic E-state index is -1.56. The molecule has 0 bridgehead atoms. The van der Waals surface area contributed by atoms with Crippen LogP contribution >= 0.6 is 11.6 Å². The predicted molar refractivity (Wildman–Crippen MR) is 83.6 cm³/mol. The summed E-state index contributed by atoms with van der Waals surface area (Å²) in [5, 5.41) is -0.285. The van der Waals surface area contributed by atoms with Crippen LogP contribution in [0.1, 0.15) is 17.7 Å². The molecule has 2 aromatic carbocycles. The van der Waals surface area contributed by atoms with Gasteiger partial charge in [0.25, 0.3) is 0 Å². The minimum Gasteiger partial charge on any atom is -0.486 e. The molecule has 0 spiro atoms. The van der Waals surface area contributed by atoms with Gasteiger partial charge in [0.1, 0.15) is 13.2 Å². The van der Waals surface area contributed by atoms with Crippen LogP contribution in [0.4, 0.5) is 8.78 Å². The molecule has 1 aliphatic heterocycles. The summed E-state index contributed by atoms with van der Waals surface area (Å²) in [6, 6.07) is 6.60. The van der Waals surface area contributed by atoms with Crippen LogP contribution in [0.3, 0.4) is 0 Å². The first-order valence-corrected chi connectivity index (χ1v) is 8.51. The zero-order valence-electron chi connectivity index (χ0n) is 12.1. The van der Waals surface area contributed by atoms with Gasteiger partial charge in [-0.05, 0) is 24.6 Å². The van der Waals surface area contributed by atoms with Crippen LogP contribution in [0.15, 0.2) is 35.2 Å². The summed E-state index contributed by atoms with van der Waals surface area (Å²) in [5.74, 6) is -0.937. The highest BCUT2D eigenvalue weighted by Gasteiger charge is 2.23. The maximum Gasteiger partial charge on any atom is 0.162 e. The monoisotopic (exact) mass is 358 g/mol. The smallest absolute Gasteiger partial charge is 0.162 e. The molecule has 0 aromatic heterocycles. The molecular formula is C16H13ClF2O3S. The Balaban J connectivity index is 1.94. The predicted octanol–water partition coefficient (Wildman–Crippen LogP) is 4.26. The molecule has 3 rings (SSSR count). The molecule has 0 unspecified atom stereocenters.